The van der Waals surface area contributed by atoms with Crippen molar-refractivity contribution >= 4 is 11.3 Å². The molecule has 110 valence electrons. The summed E-state index contributed by atoms with van der Waals surface area (Å²) in [7, 11) is 4.25. The van der Waals surface area contributed by atoms with Crippen LogP contribution in [0.1, 0.15) is 31.0 Å². The molecule has 0 spiro atoms. The number of hydrogen-bond acceptors (Lipinski definition) is 5. The van der Waals surface area contributed by atoms with E-state index in [4.69, 9.17) is 4.98 Å². The van der Waals surface area contributed by atoms with Crippen molar-refractivity contribution in [1.29, 1.82) is 0 Å². The van der Waals surface area contributed by atoms with Gasteiger partial charge in [0.2, 0.25) is 0 Å². The molecule has 1 aromatic rings. The van der Waals surface area contributed by atoms with Crippen LogP contribution < -0.4 is 5.32 Å². The Balaban J connectivity index is 2.45. The van der Waals surface area contributed by atoms with Crippen LogP contribution >= 0.6 is 11.3 Å². The summed E-state index contributed by atoms with van der Waals surface area (Å²) < 4.78 is 0. The van der Waals surface area contributed by atoms with Gasteiger partial charge in [-0.2, -0.15) is 0 Å². The quantitative estimate of drug-likeness (QED) is 0.712. The highest BCUT2D eigenvalue weighted by atomic mass is 32.1. The molecule has 0 aromatic carbocycles. The van der Waals surface area contributed by atoms with E-state index in [1.54, 1.807) is 11.3 Å². The molecule has 0 bridgehead atoms. The van der Waals surface area contributed by atoms with Gasteiger partial charge < -0.3 is 10.2 Å². The summed E-state index contributed by atoms with van der Waals surface area (Å²) in [6.07, 6.45) is 1.20. The predicted molar refractivity (Wildman–Crippen MR) is 83.6 cm³/mol. The van der Waals surface area contributed by atoms with Crippen LogP contribution in [0.4, 0.5) is 0 Å². The number of likely N-dealkylation sites (N-methyl/N-ethyl adjacent to an activating group) is 1. The van der Waals surface area contributed by atoms with E-state index in [1.165, 1.54) is 17.1 Å². The summed E-state index contributed by atoms with van der Waals surface area (Å²) >= 11 is 1.76. The number of hydrogen-bond donors (Lipinski definition) is 1. The predicted octanol–water partition coefficient (Wildman–Crippen LogP) is 2.03. The van der Waals surface area contributed by atoms with E-state index in [0.29, 0.717) is 0 Å². The fourth-order valence-electron chi connectivity index (χ4n) is 1.89. The summed E-state index contributed by atoms with van der Waals surface area (Å²) in [5.74, 6) is 0. The lowest BCUT2D eigenvalue weighted by molar-refractivity contribution is 0.232. The van der Waals surface area contributed by atoms with Crippen molar-refractivity contribution in [2.75, 3.05) is 40.3 Å². The fourth-order valence-corrected chi connectivity index (χ4v) is 2.65. The van der Waals surface area contributed by atoms with Crippen LogP contribution in [0.3, 0.4) is 0 Å². The normalized spacial score (nSPS) is 11.7. The SMILES string of the molecule is CCCN(CCN(C)C)Cc1csc(CNCC)n1. The average molecular weight is 284 g/mol. The van der Waals surface area contributed by atoms with Crippen molar-refractivity contribution in [3.05, 3.63) is 16.1 Å². The number of nitrogens with one attached hydrogen (secondary N) is 1. The molecule has 0 atom stereocenters. The Morgan fingerprint density at radius 1 is 1.21 bits per heavy atom. The van der Waals surface area contributed by atoms with Gasteiger partial charge in [-0.25, -0.2) is 4.98 Å². The van der Waals surface area contributed by atoms with Crippen molar-refractivity contribution in [2.45, 2.75) is 33.4 Å². The highest BCUT2D eigenvalue weighted by Crippen LogP contribution is 2.12. The van der Waals surface area contributed by atoms with Gasteiger partial charge in [-0.3, -0.25) is 4.90 Å². The van der Waals surface area contributed by atoms with Crippen molar-refractivity contribution in [2.24, 2.45) is 0 Å². The lowest BCUT2D eigenvalue weighted by Gasteiger charge is -2.22. The maximum atomic E-state index is 4.70. The summed E-state index contributed by atoms with van der Waals surface area (Å²) in [6.45, 7) is 10.6. The molecular formula is C14H28N4S. The topological polar surface area (TPSA) is 31.4 Å². The molecule has 4 nitrogen and oxygen atoms in total. The van der Waals surface area contributed by atoms with Crippen LogP contribution in [0.15, 0.2) is 5.38 Å². The lowest BCUT2D eigenvalue weighted by atomic mass is 10.3. The first kappa shape index (κ1) is 16.6. The summed E-state index contributed by atoms with van der Waals surface area (Å²) in [6, 6.07) is 0. The largest absolute Gasteiger partial charge is 0.311 e. The molecule has 0 radical (unpaired) electrons. The molecule has 0 saturated heterocycles. The Hall–Kier alpha value is -0.490. The molecule has 0 saturated carbocycles. The molecule has 0 aliphatic rings. The van der Waals surface area contributed by atoms with Gasteiger partial charge in [-0.15, -0.1) is 11.3 Å². The maximum absolute atomic E-state index is 4.70. The minimum Gasteiger partial charge on any atom is -0.311 e. The van der Waals surface area contributed by atoms with E-state index < -0.39 is 0 Å². The number of aromatic nitrogens is 1. The third-order valence-electron chi connectivity index (χ3n) is 2.91. The highest BCUT2D eigenvalue weighted by Gasteiger charge is 2.08. The lowest BCUT2D eigenvalue weighted by Crippen LogP contribution is -2.32. The van der Waals surface area contributed by atoms with Crippen molar-refractivity contribution < 1.29 is 0 Å². The molecule has 1 rings (SSSR count). The van der Waals surface area contributed by atoms with E-state index in [1.807, 2.05) is 0 Å². The monoisotopic (exact) mass is 284 g/mol. The van der Waals surface area contributed by atoms with E-state index in [-0.39, 0.29) is 0 Å². The third-order valence-corrected chi connectivity index (χ3v) is 3.81. The zero-order valence-electron chi connectivity index (χ0n) is 12.8. The molecule has 1 aromatic heterocycles. The minimum atomic E-state index is 0.895. The van der Waals surface area contributed by atoms with Crippen LogP contribution in [0.25, 0.3) is 0 Å². The molecule has 5 heteroatoms. The number of rotatable bonds is 10. The summed E-state index contributed by atoms with van der Waals surface area (Å²) in [5.41, 5.74) is 1.21. The molecule has 0 aliphatic carbocycles. The molecule has 1 heterocycles. The van der Waals surface area contributed by atoms with Crippen molar-refractivity contribution in [3.63, 3.8) is 0 Å². The van der Waals surface area contributed by atoms with Gasteiger partial charge in [0.25, 0.3) is 0 Å². The van der Waals surface area contributed by atoms with Gasteiger partial charge in [0.1, 0.15) is 5.01 Å². The standard InChI is InChI=1S/C14H28N4S/c1-5-7-18(9-8-17(3)4)11-13-12-19-14(16-13)10-15-6-2/h12,15H,5-11H2,1-4H3. The van der Waals surface area contributed by atoms with Crippen LogP contribution in [0, 0.1) is 0 Å². The second kappa shape index (κ2) is 9.42. The Bertz CT molecular complexity index is 338. The van der Waals surface area contributed by atoms with Gasteiger partial charge >= 0.3 is 0 Å². The molecular weight excluding hydrogens is 256 g/mol. The molecule has 0 aliphatic heterocycles. The first-order valence-electron chi connectivity index (χ1n) is 7.16. The van der Waals surface area contributed by atoms with E-state index >= 15 is 0 Å². The summed E-state index contributed by atoms with van der Waals surface area (Å²) in [4.78, 5) is 9.43. The Morgan fingerprint density at radius 3 is 2.63 bits per heavy atom. The third kappa shape index (κ3) is 7.01. The van der Waals surface area contributed by atoms with Crippen molar-refractivity contribution in [1.82, 2.24) is 20.1 Å². The minimum absolute atomic E-state index is 0.895. The second-order valence-electron chi connectivity index (χ2n) is 5.09. The fraction of sp³-hybridized carbons (Fsp3) is 0.786. The van der Waals surface area contributed by atoms with Gasteiger partial charge in [0, 0.05) is 31.6 Å². The molecule has 0 amide bonds. The van der Waals surface area contributed by atoms with Crippen LogP contribution in [-0.4, -0.2) is 55.1 Å². The van der Waals surface area contributed by atoms with Gasteiger partial charge in [0.15, 0.2) is 0 Å². The first-order chi connectivity index (χ1) is 9.15. The Morgan fingerprint density at radius 2 is 2.00 bits per heavy atom. The van der Waals surface area contributed by atoms with E-state index in [2.05, 4.69) is 48.4 Å². The second-order valence-corrected chi connectivity index (χ2v) is 6.03. The zero-order chi connectivity index (χ0) is 14.1. The average Bonchev–Trinajstić information content (AvgIpc) is 2.81. The van der Waals surface area contributed by atoms with Gasteiger partial charge in [-0.05, 0) is 33.6 Å². The first-order valence-corrected chi connectivity index (χ1v) is 8.04. The summed E-state index contributed by atoms with van der Waals surface area (Å²) in [5, 5.41) is 6.72. The zero-order valence-corrected chi connectivity index (χ0v) is 13.6. The molecule has 19 heavy (non-hydrogen) atoms. The molecule has 0 unspecified atom stereocenters. The van der Waals surface area contributed by atoms with Gasteiger partial charge in [-0.1, -0.05) is 13.8 Å². The highest BCUT2D eigenvalue weighted by molar-refractivity contribution is 7.09. The Kier molecular flexibility index (Phi) is 8.21. The maximum Gasteiger partial charge on any atom is 0.107 e. The van der Waals surface area contributed by atoms with Gasteiger partial charge in [0.05, 0.1) is 5.69 Å². The number of nitrogens with zero attached hydrogens (tertiary/aromatic N) is 3. The molecule has 0 fully saturated rings. The van der Waals surface area contributed by atoms with Crippen LogP contribution in [0.2, 0.25) is 0 Å². The van der Waals surface area contributed by atoms with E-state index in [9.17, 15) is 0 Å². The number of thiazole rings is 1. The smallest absolute Gasteiger partial charge is 0.107 e. The molecule has 1 N–H and O–H groups in total. The Labute approximate surface area is 121 Å². The van der Waals surface area contributed by atoms with Crippen LogP contribution in [-0.2, 0) is 13.1 Å². The van der Waals surface area contributed by atoms with Crippen LogP contribution in [0.5, 0.6) is 0 Å². The van der Waals surface area contributed by atoms with Crippen molar-refractivity contribution in [3.8, 4) is 0 Å². The van der Waals surface area contributed by atoms with E-state index in [0.717, 1.165) is 39.3 Å².